The monoisotopic (exact) mass is 225 g/mol. The fourth-order valence-corrected chi connectivity index (χ4v) is 0.922. The van der Waals surface area contributed by atoms with Crippen molar-refractivity contribution >= 4 is 5.78 Å². The van der Waals surface area contributed by atoms with Crippen LogP contribution in [0.25, 0.3) is 0 Å². The normalized spacial score (nSPS) is 18.5. The second kappa shape index (κ2) is 7.69. The Hall–Kier alpha value is -0.570. The minimum Gasteiger partial charge on any atom is -0.394 e. The number of aliphatic hydroxyl groups is 5. The SMILES string of the molecule is CCC(=O)C(O)C(O)C(O)C(O)CO.N. The Morgan fingerprint density at radius 2 is 1.60 bits per heavy atom. The maximum Gasteiger partial charge on any atom is 0.163 e. The van der Waals surface area contributed by atoms with E-state index in [0.717, 1.165) is 0 Å². The molecule has 0 aliphatic carbocycles. The molecule has 0 aromatic rings. The predicted octanol–water partition coefficient (Wildman–Crippen LogP) is -2.44. The number of rotatable bonds is 6. The summed E-state index contributed by atoms with van der Waals surface area (Å²) in [6, 6.07) is 0. The van der Waals surface area contributed by atoms with Crippen LogP contribution in [0.1, 0.15) is 13.3 Å². The average molecular weight is 225 g/mol. The molecule has 0 aliphatic rings. The summed E-state index contributed by atoms with van der Waals surface area (Å²) in [5.74, 6) is -0.637. The summed E-state index contributed by atoms with van der Waals surface area (Å²) in [4.78, 5) is 10.9. The van der Waals surface area contributed by atoms with Crippen LogP contribution in [0.2, 0.25) is 0 Å². The van der Waals surface area contributed by atoms with Crippen molar-refractivity contribution in [3.63, 3.8) is 0 Å². The van der Waals surface area contributed by atoms with Gasteiger partial charge in [-0.05, 0) is 0 Å². The van der Waals surface area contributed by atoms with E-state index < -0.39 is 36.8 Å². The number of hydrogen-bond acceptors (Lipinski definition) is 7. The number of carbonyl (C=O) groups is 1. The molecular weight excluding hydrogens is 206 g/mol. The molecule has 0 saturated heterocycles. The van der Waals surface area contributed by atoms with Gasteiger partial charge in [0.05, 0.1) is 6.61 Å². The van der Waals surface area contributed by atoms with Crippen LogP contribution in [0, 0.1) is 0 Å². The third-order valence-electron chi connectivity index (χ3n) is 1.93. The third kappa shape index (κ3) is 4.65. The lowest BCUT2D eigenvalue weighted by Crippen LogP contribution is -2.48. The van der Waals surface area contributed by atoms with Gasteiger partial charge in [-0.1, -0.05) is 6.92 Å². The molecule has 0 fully saturated rings. The molecule has 4 unspecified atom stereocenters. The highest BCUT2D eigenvalue weighted by atomic mass is 16.4. The highest BCUT2D eigenvalue weighted by Crippen LogP contribution is 2.07. The van der Waals surface area contributed by atoms with Crippen molar-refractivity contribution in [1.82, 2.24) is 6.15 Å². The van der Waals surface area contributed by atoms with Gasteiger partial charge in [0.2, 0.25) is 0 Å². The fraction of sp³-hybridized carbons (Fsp3) is 0.875. The zero-order chi connectivity index (χ0) is 11.3. The minimum absolute atomic E-state index is 0. The van der Waals surface area contributed by atoms with E-state index in [1.54, 1.807) is 0 Å². The summed E-state index contributed by atoms with van der Waals surface area (Å²) in [7, 11) is 0. The Morgan fingerprint density at radius 3 is 1.93 bits per heavy atom. The molecule has 4 atom stereocenters. The molecule has 7 heteroatoms. The highest BCUT2D eigenvalue weighted by molar-refractivity contribution is 5.83. The Labute approximate surface area is 87.6 Å². The van der Waals surface area contributed by atoms with E-state index in [1.165, 1.54) is 6.92 Å². The van der Waals surface area contributed by atoms with Gasteiger partial charge < -0.3 is 31.7 Å². The first-order chi connectivity index (χ1) is 6.45. The van der Waals surface area contributed by atoms with Crippen LogP contribution in [0.15, 0.2) is 0 Å². The summed E-state index contributed by atoms with van der Waals surface area (Å²) in [5, 5.41) is 44.8. The van der Waals surface area contributed by atoms with Gasteiger partial charge in [-0.2, -0.15) is 0 Å². The molecule has 0 radical (unpaired) electrons. The van der Waals surface area contributed by atoms with E-state index >= 15 is 0 Å². The van der Waals surface area contributed by atoms with Crippen molar-refractivity contribution in [2.75, 3.05) is 6.61 Å². The maximum atomic E-state index is 10.9. The Balaban J connectivity index is 0. The first kappa shape index (κ1) is 16.8. The van der Waals surface area contributed by atoms with E-state index in [1.807, 2.05) is 0 Å². The van der Waals surface area contributed by atoms with E-state index in [0.29, 0.717) is 0 Å². The number of Topliss-reactive ketones (excluding diaryl/α,β-unsaturated/α-hetero) is 1. The van der Waals surface area contributed by atoms with Crippen LogP contribution < -0.4 is 6.15 Å². The molecule has 15 heavy (non-hydrogen) atoms. The van der Waals surface area contributed by atoms with Gasteiger partial charge in [0.15, 0.2) is 5.78 Å². The molecule has 7 nitrogen and oxygen atoms in total. The number of hydrogen-bond donors (Lipinski definition) is 6. The van der Waals surface area contributed by atoms with Gasteiger partial charge in [-0.25, -0.2) is 0 Å². The smallest absolute Gasteiger partial charge is 0.163 e. The fourth-order valence-electron chi connectivity index (χ4n) is 0.922. The maximum absolute atomic E-state index is 10.9. The molecule has 92 valence electrons. The lowest BCUT2D eigenvalue weighted by molar-refractivity contribution is -0.146. The number of carbonyl (C=O) groups excluding carboxylic acids is 1. The molecule has 0 aromatic carbocycles. The lowest BCUT2D eigenvalue weighted by Gasteiger charge is -2.24. The van der Waals surface area contributed by atoms with Crippen LogP contribution in [0.3, 0.4) is 0 Å². The van der Waals surface area contributed by atoms with Crippen molar-refractivity contribution in [1.29, 1.82) is 0 Å². The van der Waals surface area contributed by atoms with Crippen LogP contribution in [-0.2, 0) is 4.79 Å². The van der Waals surface area contributed by atoms with Gasteiger partial charge in [0.25, 0.3) is 0 Å². The second-order valence-electron chi connectivity index (χ2n) is 3.00. The largest absolute Gasteiger partial charge is 0.394 e. The zero-order valence-corrected chi connectivity index (χ0v) is 8.58. The molecule has 0 amide bonds. The molecule has 8 N–H and O–H groups in total. The van der Waals surface area contributed by atoms with Gasteiger partial charge in [0, 0.05) is 6.42 Å². The first-order valence-corrected chi connectivity index (χ1v) is 4.31. The Kier molecular flexibility index (Phi) is 8.63. The van der Waals surface area contributed by atoms with Gasteiger partial charge in [0.1, 0.15) is 24.4 Å². The highest BCUT2D eigenvalue weighted by Gasteiger charge is 2.32. The average Bonchev–Trinajstić information content (AvgIpc) is 2.23. The van der Waals surface area contributed by atoms with Crippen molar-refractivity contribution in [3.8, 4) is 0 Å². The standard InChI is InChI=1S/C8H16O6.H3N/c1-2-4(10)6(12)8(14)7(13)5(11)3-9;/h5-9,11-14H,2-3H2,1H3;1H3. The quantitative estimate of drug-likeness (QED) is 0.293. The molecule has 0 aromatic heterocycles. The number of ketones is 1. The van der Waals surface area contributed by atoms with Crippen LogP contribution >= 0.6 is 0 Å². The van der Waals surface area contributed by atoms with E-state index in [4.69, 9.17) is 20.4 Å². The molecule has 0 aliphatic heterocycles. The van der Waals surface area contributed by atoms with Gasteiger partial charge in [-0.3, -0.25) is 4.79 Å². The van der Waals surface area contributed by atoms with Crippen LogP contribution in [0.4, 0.5) is 0 Å². The molecule has 0 rings (SSSR count). The molecule has 0 saturated carbocycles. The van der Waals surface area contributed by atoms with Crippen molar-refractivity contribution in [2.45, 2.75) is 37.8 Å². The summed E-state index contributed by atoms with van der Waals surface area (Å²) >= 11 is 0. The third-order valence-corrected chi connectivity index (χ3v) is 1.93. The van der Waals surface area contributed by atoms with Crippen LogP contribution in [0.5, 0.6) is 0 Å². The summed E-state index contributed by atoms with van der Waals surface area (Å²) in [6.07, 6.45) is -6.84. The predicted molar refractivity (Wildman–Crippen MR) is 51.4 cm³/mol. The van der Waals surface area contributed by atoms with E-state index in [9.17, 15) is 9.90 Å². The lowest BCUT2D eigenvalue weighted by atomic mass is 9.99. The van der Waals surface area contributed by atoms with Crippen LogP contribution in [-0.4, -0.2) is 62.3 Å². The van der Waals surface area contributed by atoms with Gasteiger partial charge in [-0.15, -0.1) is 0 Å². The molecular formula is C8H19NO6. The minimum atomic E-state index is -1.79. The van der Waals surface area contributed by atoms with Crippen molar-refractivity contribution in [2.24, 2.45) is 0 Å². The van der Waals surface area contributed by atoms with E-state index in [-0.39, 0.29) is 12.6 Å². The second-order valence-corrected chi connectivity index (χ2v) is 3.00. The topological polar surface area (TPSA) is 153 Å². The Bertz CT molecular complexity index is 188. The van der Waals surface area contributed by atoms with Crippen molar-refractivity contribution in [3.05, 3.63) is 0 Å². The molecule has 0 bridgehead atoms. The van der Waals surface area contributed by atoms with Crippen molar-refractivity contribution < 1.29 is 30.3 Å². The first-order valence-electron chi connectivity index (χ1n) is 4.31. The summed E-state index contributed by atoms with van der Waals surface area (Å²) in [6.45, 7) is 0.735. The summed E-state index contributed by atoms with van der Waals surface area (Å²) < 4.78 is 0. The number of aliphatic hydroxyl groups excluding tert-OH is 5. The van der Waals surface area contributed by atoms with Gasteiger partial charge >= 0.3 is 0 Å². The molecule has 0 heterocycles. The Morgan fingerprint density at radius 1 is 1.13 bits per heavy atom. The molecule has 0 spiro atoms. The zero-order valence-electron chi connectivity index (χ0n) is 8.58. The summed E-state index contributed by atoms with van der Waals surface area (Å²) in [5.41, 5.74) is 0. The van der Waals surface area contributed by atoms with E-state index in [2.05, 4.69) is 0 Å².